The predicted octanol–water partition coefficient (Wildman–Crippen LogP) is 2.52. The zero-order valence-corrected chi connectivity index (χ0v) is 16.0. The molecule has 2 saturated heterocycles. The lowest BCUT2D eigenvalue weighted by Gasteiger charge is -2.57. The quantitative estimate of drug-likeness (QED) is 0.766. The summed E-state index contributed by atoms with van der Waals surface area (Å²) in [6, 6.07) is 9.59. The molecule has 2 aromatic rings. The zero-order valence-electron chi connectivity index (χ0n) is 16.0. The summed E-state index contributed by atoms with van der Waals surface area (Å²) < 4.78 is 10.5. The molecule has 3 fully saturated rings. The van der Waals surface area contributed by atoms with Crippen LogP contribution in [0, 0.1) is 11.3 Å². The number of rotatable bonds is 3. The Morgan fingerprint density at radius 3 is 2.79 bits per heavy atom. The first-order valence-corrected chi connectivity index (χ1v) is 9.94. The lowest BCUT2D eigenvalue weighted by Crippen LogP contribution is -2.71. The van der Waals surface area contributed by atoms with Crippen LogP contribution < -0.4 is 0 Å². The van der Waals surface area contributed by atoms with E-state index in [1.54, 1.807) is 4.90 Å². The van der Waals surface area contributed by atoms with Crippen LogP contribution in [0.1, 0.15) is 30.7 Å². The number of hydrogen-bond acceptors (Lipinski definition) is 5. The van der Waals surface area contributed by atoms with E-state index in [9.17, 15) is 9.59 Å². The van der Waals surface area contributed by atoms with Gasteiger partial charge in [0.2, 0.25) is 5.91 Å². The summed E-state index contributed by atoms with van der Waals surface area (Å²) in [5.41, 5.74) is 1.96. The Morgan fingerprint density at radius 1 is 1.21 bits per heavy atom. The van der Waals surface area contributed by atoms with Crippen LogP contribution in [0.25, 0.3) is 10.9 Å². The summed E-state index contributed by atoms with van der Waals surface area (Å²) >= 11 is 0. The number of para-hydroxylation sites is 1. The molecule has 3 aliphatic rings. The van der Waals surface area contributed by atoms with E-state index < -0.39 is 6.04 Å². The molecular weight excluding hydrogens is 356 g/mol. The number of methoxy groups -OCH3 is 1. The van der Waals surface area contributed by atoms with Crippen LogP contribution in [0.3, 0.4) is 0 Å². The van der Waals surface area contributed by atoms with Gasteiger partial charge in [-0.25, -0.2) is 4.79 Å². The van der Waals surface area contributed by atoms with Crippen molar-refractivity contribution < 1.29 is 19.1 Å². The highest BCUT2D eigenvalue weighted by Gasteiger charge is 2.61. The van der Waals surface area contributed by atoms with Gasteiger partial charge >= 0.3 is 5.97 Å². The second-order valence-corrected chi connectivity index (χ2v) is 8.23. The number of amides is 1. The van der Waals surface area contributed by atoms with Gasteiger partial charge in [-0.05, 0) is 42.9 Å². The fourth-order valence-electron chi connectivity index (χ4n) is 5.10. The fraction of sp³-hybridized carbons (Fsp3) is 0.500. The molecule has 0 N–H and O–H groups in total. The smallest absolute Gasteiger partial charge is 0.329 e. The van der Waals surface area contributed by atoms with Gasteiger partial charge in [0, 0.05) is 42.7 Å². The summed E-state index contributed by atoms with van der Waals surface area (Å²) in [5, 5.41) is 1.11. The van der Waals surface area contributed by atoms with E-state index in [-0.39, 0.29) is 29.1 Å². The van der Waals surface area contributed by atoms with Crippen molar-refractivity contribution in [1.82, 2.24) is 9.88 Å². The summed E-state index contributed by atoms with van der Waals surface area (Å²) in [7, 11) is 1.40. The maximum Gasteiger partial charge on any atom is 0.329 e. The van der Waals surface area contributed by atoms with Crippen molar-refractivity contribution in [2.24, 2.45) is 11.3 Å². The molecule has 1 unspecified atom stereocenters. The molecule has 1 aliphatic carbocycles. The summed E-state index contributed by atoms with van der Waals surface area (Å²) in [6.45, 7) is 1.92. The number of benzene rings is 1. The zero-order chi connectivity index (χ0) is 19.3. The van der Waals surface area contributed by atoms with Gasteiger partial charge in [0.15, 0.2) is 0 Å². The summed E-state index contributed by atoms with van der Waals surface area (Å²) in [4.78, 5) is 31.9. The third kappa shape index (κ3) is 2.62. The number of ether oxygens (including phenoxy) is 2. The van der Waals surface area contributed by atoms with E-state index in [1.807, 2.05) is 30.5 Å². The largest absolute Gasteiger partial charge is 0.467 e. The van der Waals surface area contributed by atoms with Crippen molar-refractivity contribution in [3.8, 4) is 0 Å². The Kier molecular flexibility index (Phi) is 4.12. The van der Waals surface area contributed by atoms with Crippen LogP contribution >= 0.6 is 0 Å². The van der Waals surface area contributed by atoms with Gasteiger partial charge in [-0.1, -0.05) is 18.2 Å². The number of likely N-dealkylation sites (tertiary alicyclic amines) is 1. The number of nitrogens with zero attached hydrogens (tertiary/aromatic N) is 2. The molecule has 1 spiro atoms. The van der Waals surface area contributed by atoms with E-state index in [0.717, 1.165) is 30.2 Å². The molecule has 5 rings (SSSR count). The third-order valence-electron chi connectivity index (χ3n) is 6.76. The average molecular weight is 380 g/mol. The topological polar surface area (TPSA) is 68.7 Å². The van der Waals surface area contributed by atoms with Gasteiger partial charge in [0.25, 0.3) is 0 Å². The molecule has 146 valence electrons. The molecule has 0 bridgehead atoms. The molecule has 1 saturated carbocycles. The second kappa shape index (κ2) is 6.55. The van der Waals surface area contributed by atoms with E-state index >= 15 is 0 Å². The minimum atomic E-state index is -0.468. The van der Waals surface area contributed by atoms with E-state index in [1.165, 1.54) is 12.7 Å². The molecule has 1 aromatic heterocycles. The van der Waals surface area contributed by atoms with Gasteiger partial charge in [0.05, 0.1) is 12.6 Å². The van der Waals surface area contributed by atoms with Crippen molar-refractivity contribution in [3.63, 3.8) is 0 Å². The molecule has 3 heterocycles. The summed E-state index contributed by atoms with van der Waals surface area (Å²) in [6.07, 6.45) is 4.25. The molecule has 6 nitrogen and oxygen atoms in total. The highest BCUT2D eigenvalue weighted by Crippen LogP contribution is 2.54. The van der Waals surface area contributed by atoms with E-state index in [2.05, 4.69) is 11.1 Å². The fourth-order valence-corrected chi connectivity index (χ4v) is 5.10. The Labute approximate surface area is 163 Å². The van der Waals surface area contributed by atoms with E-state index in [0.29, 0.717) is 19.8 Å². The van der Waals surface area contributed by atoms with Crippen LogP contribution in [0.2, 0.25) is 0 Å². The van der Waals surface area contributed by atoms with Gasteiger partial charge < -0.3 is 14.4 Å². The van der Waals surface area contributed by atoms with E-state index in [4.69, 9.17) is 9.47 Å². The molecule has 6 heteroatoms. The van der Waals surface area contributed by atoms with Gasteiger partial charge in [-0.3, -0.25) is 9.78 Å². The molecule has 3 atom stereocenters. The molecule has 1 aromatic carbocycles. The number of carbonyl (C=O) groups excluding carboxylic acids is 2. The monoisotopic (exact) mass is 380 g/mol. The lowest BCUT2D eigenvalue weighted by atomic mass is 9.66. The van der Waals surface area contributed by atoms with Crippen LogP contribution in [0.4, 0.5) is 0 Å². The van der Waals surface area contributed by atoms with Gasteiger partial charge in [0.1, 0.15) is 6.04 Å². The number of aromatic nitrogens is 1. The molecule has 28 heavy (non-hydrogen) atoms. The molecule has 0 radical (unpaired) electrons. The van der Waals surface area contributed by atoms with Gasteiger partial charge in [-0.15, -0.1) is 0 Å². The number of fused-ring (bicyclic) bond motifs is 1. The average Bonchev–Trinajstić information content (AvgIpc) is 3.52. The third-order valence-corrected chi connectivity index (χ3v) is 6.76. The number of pyridine rings is 1. The molecular formula is C22H24N2O4. The molecule has 2 aliphatic heterocycles. The number of hydrogen-bond donors (Lipinski definition) is 0. The Bertz CT molecular complexity index is 932. The van der Waals surface area contributed by atoms with Crippen molar-refractivity contribution >= 4 is 22.8 Å². The summed E-state index contributed by atoms with van der Waals surface area (Å²) in [5.74, 6) is -0.0773. The second-order valence-electron chi connectivity index (χ2n) is 8.23. The number of esters is 1. The normalized spacial score (nSPS) is 28.0. The minimum Gasteiger partial charge on any atom is -0.467 e. The van der Waals surface area contributed by atoms with Crippen molar-refractivity contribution in [1.29, 1.82) is 0 Å². The highest BCUT2D eigenvalue weighted by atomic mass is 16.5. The standard InChI is InChI=1S/C22H24N2O4/c1-27-21(26)19-22(7-10-28-11-8-22)13-24(19)20(25)17-12-16(17)14-6-9-23-18-5-3-2-4-15(14)18/h2-6,9,16-17,19H,7-8,10-13H2,1H3/t16-,17+,19?/m0/s1. The minimum absolute atomic E-state index is 0.0600. The van der Waals surface area contributed by atoms with Crippen LogP contribution in [-0.4, -0.2) is 54.7 Å². The Morgan fingerprint density at radius 2 is 2.00 bits per heavy atom. The predicted molar refractivity (Wildman–Crippen MR) is 103 cm³/mol. The maximum atomic E-state index is 13.2. The first-order valence-electron chi connectivity index (χ1n) is 9.94. The number of carbonyl (C=O) groups is 2. The van der Waals surface area contributed by atoms with Crippen molar-refractivity contribution in [2.45, 2.75) is 31.2 Å². The maximum absolute atomic E-state index is 13.2. The first kappa shape index (κ1) is 17.6. The van der Waals surface area contributed by atoms with Crippen LogP contribution in [-0.2, 0) is 19.1 Å². The van der Waals surface area contributed by atoms with Crippen LogP contribution in [0.5, 0.6) is 0 Å². The Balaban J connectivity index is 1.36. The lowest BCUT2D eigenvalue weighted by molar-refractivity contribution is -0.188. The van der Waals surface area contributed by atoms with Crippen molar-refractivity contribution in [3.05, 3.63) is 42.1 Å². The molecule has 1 amide bonds. The Hall–Kier alpha value is -2.47. The SMILES string of the molecule is COC(=O)C1N(C(=O)[C@@H]2C[C@H]2c2ccnc3ccccc23)CC12CCOCC2. The van der Waals surface area contributed by atoms with Gasteiger partial charge in [-0.2, -0.15) is 0 Å². The first-order chi connectivity index (χ1) is 13.6. The van der Waals surface area contributed by atoms with Crippen molar-refractivity contribution in [2.75, 3.05) is 26.9 Å². The highest BCUT2D eigenvalue weighted by molar-refractivity contribution is 5.92. The van der Waals surface area contributed by atoms with Crippen LogP contribution in [0.15, 0.2) is 36.5 Å².